The minimum atomic E-state index is -0.0651. The number of hydrogen-bond donors (Lipinski definition) is 1. The number of rotatable bonds is 3. The fourth-order valence-electron chi connectivity index (χ4n) is 2.38. The molecule has 0 unspecified atom stereocenters. The van der Waals surface area contributed by atoms with Crippen molar-refractivity contribution in [2.75, 3.05) is 0 Å². The van der Waals surface area contributed by atoms with Crippen LogP contribution in [-0.4, -0.2) is 10.9 Å². The molecule has 0 fully saturated rings. The molecule has 0 aliphatic rings. The molecule has 118 valence electrons. The van der Waals surface area contributed by atoms with Gasteiger partial charge in [-0.25, -0.2) is 4.98 Å². The highest BCUT2D eigenvalue weighted by Crippen LogP contribution is 2.23. The van der Waals surface area contributed by atoms with Crippen molar-refractivity contribution in [1.82, 2.24) is 10.3 Å². The molecule has 4 heteroatoms. The molecular weight excluding hydrogens is 304 g/mol. The number of nitrogens with zero attached hydrogens (tertiary/aromatic N) is 1. The maximum absolute atomic E-state index is 12.3. The molecule has 1 amide bonds. The van der Waals surface area contributed by atoms with Gasteiger partial charge in [0.25, 0.3) is 5.91 Å². The molecular formula is C19H20N2OS. The van der Waals surface area contributed by atoms with E-state index in [0.29, 0.717) is 12.1 Å². The van der Waals surface area contributed by atoms with Gasteiger partial charge in [0, 0.05) is 5.56 Å². The Hall–Kier alpha value is -2.20. The first kappa shape index (κ1) is 15.7. The van der Waals surface area contributed by atoms with Crippen molar-refractivity contribution < 1.29 is 4.79 Å². The number of nitrogens with one attached hydrogen (secondary N) is 1. The van der Waals surface area contributed by atoms with Crippen molar-refractivity contribution in [3.05, 3.63) is 64.7 Å². The van der Waals surface area contributed by atoms with Crippen molar-refractivity contribution in [3.8, 4) is 0 Å². The smallest absolute Gasteiger partial charge is 0.251 e. The summed E-state index contributed by atoms with van der Waals surface area (Å²) < 4.78 is 1.14. The molecule has 0 aliphatic carbocycles. The van der Waals surface area contributed by atoms with Crippen LogP contribution in [-0.2, 0) is 12.0 Å². The summed E-state index contributed by atoms with van der Waals surface area (Å²) >= 11 is 1.61. The fraction of sp³-hybridized carbons (Fsp3) is 0.263. The van der Waals surface area contributed by atoms with E-state index in [1.807, 2.05) is 48.5 Å². The molecule has 1 N–H and O–H groups in total. The largest absolute Gasteiger partial charge is 0.346 e. The lowest BCUT2D eigenvalue weighted by atomic mass is 9.87. The van der Waals surface area contributed by atoms with Crippen LogP contribution >= 0.6 is 11.3 Å². The molecule has 0 spiro atoms. The molecule has 1 aromatic heterocycles. The lowest BCUT2D eigenvalue weighted by Gasteiger charge is -2.19. The summed E-state index contributed by atoms with van der Waals surface area (Å²) in [6, 6.07) is 15.8. The number of carbonyl (C=O) groups excluding carboxylic acids is 1. The quantitative estimate of drug-likeness (QED) is 0.769. The molecule has 23 heavy (non-hydrogen) atoms. The van der Waals surface area contributed by atoms with Gasteiger partial charge in [0.05, 0.1) is 16.8 Å². The van der Waals surface area contributed by atoms with Gasteiger partial charge in [-0.1, -0.05) is 45.0 Å². The number of benzene rings is 2. The normalized spacial score (nSPS) is 11.6. The number of fused-ring (bicyclic) bond motifs is 1. The van der Waals surface area contributed by atoms with Crippen LogP contribution in [0.5, 0.6) is 0 Å². The molecule has 1 heterocycles. The van der Waals surface area contributed by atoms with Gasteiger partial charge in [0.2, 0.25) is 0 Å². The fourth-order valence-corrected chi connectivity index (χ4v) is 3.28. The third-order valence-corrected chi connectivity index (χ3v) is 4.79. The highest BCUT2D eigenvalue weighted by molar-refractivity contribution is 7.18. The number of amides is 1. The van der Waals surface area contributed by atoms with Gasteiger partial charge < -0.3 is 5.32 Å². The first-order valence-corrected chi connectivity index (χ1v) is 8.48. The monoisotopic (exact) mass is 324 g/mol. The molecule has 2 aromatic carbocycles. The Labute approximate surface area is 140 Å². The van der Waals surface area contributed by atoms with Crippen LogP contribution in [0, 0.1) is 0 Å². The Kier molecular flexibility index (Phi) is 4.18. The third kappa shape index (κ3) is 3.59. The van der Waals surface area contributed by atoms with E-state index in [2.05, 4.69) is 31.1 Å². The highest BCUT2D eigenvalue weighted by Gasteiger charge is 2.14. The molecule has 0 bridgehead atoms. The van der Waals surface area contributed by atoms with E-state index < -0.39 is 0 Å². The van der Waals surface area contributed by atoms with Crippen molar-refractivity contribution in [2.24, 2.45) is 0 Å². The summed E-state index contributed by atoms with van der Waals surface area (Å²) in [5, 5.41) is 3.87. The standard InChI is InChI=1S/C19H20N2OS/c1-19(2,3)14-10-8-13(9-11-14)18(22)20-12-17-21-15-6-4-5-7-16(15)23-17/h4-11H,12H2,1-3H3,(H,20,22). The van der Waals surface area contributed by atoms with Crippen molar-refractivity contribution in [2.45, 2.75) is 32.7 Å². The van der Waals surface area contributed by atoms with Gasteiger partial charge in [-0.2, -0.15) is 0 Å². The Morgan fingerprint density at radius 3 is 2.43 bits per heavy atom. The average molecular weight is 324 g/mol. The SMILES string of the molecule is CC(C)(C)c1ccc(C(=O)NCc2nc3ccccc3s2)cc1. The van der Waals surface area contributed by atoms with Gasteiger partial charge in [-0.05, 0) is 35.2 Å². The first-order chi connectivity index (χ1) is 10.9. The minimum absolute atomic E-state index is 0.0651. The minimum Gasteiger partial charge on any atom is -0.346 e. The van der Waals surface area contributed by atoms with Crippen molar-refractivity contribution >= 4 is 27.5 Å². The summed E-state index contributed by atoms with van der Waals surface area (Å²) in [5.41, 5.74) is 2.98. The average Bonchev–Trinajstić information content (AvgIpc) is 2.95. The molecule has 0 aliphatic heterocycles. The van der Waals surface area contributed by atoms with Gasteiger partial charge in [-0.3, -0.25) is 4.79 Å². The highest BCUT2D eigenvalue weighted by atomic mass is 32.1. The number of aromatic nitrogens is 1. The molecule has 3 nitrogen and oxygen atoms in total. The van der Waals surface area contributed by atoms with Crippen LogP contribution in [0.2, 0.25) is 0 Å². The summed E-state index contributed by atoms with van der Waals surface area (Å²) in [6.45, 7) is 6.94. The predicted molar refractivity (Wildman–Crippen MR) is 95.9 cm³/mol. The summed E-state index contributed by atoms with van der Waals surface area (Å²) in [7, 11) is 0. The molecule has 0 atom stereocenters. The third-order valence-electron chi connectivity index (χ3n) is 3.75. The van der Waals surface area contributed by atoms with Gasteiger partial charge >= 0.3 is 0 Å². The van der Waals surface area contributed by atoms with E-state index in [-0.39, 0.29) is 11.3 Å². The second kappa shape index (κ2) is 6.13. The Morgan fingerprint density at radius 1 is 1.09 bits per heavy atom. The van der Waals surface area contributed by atoms with E-state index in [1.165, 1.54) is 5.56 Å². The van der Waals surface area contributed by atoms with Crippen LogP contribution in [0.3, 0.4) is 0 Å². The lowest BCUT2D eigenvalue weighted by molar-refractivity contribution is 0.0951. The zero-order valence-electron chi connectivity index (χ0n) is 13.6. The molecule has 0 saturated heterocycles. The van der Waals surface area contributed by atoms with Crippen LogP contribution in [0.4, 0.5) is 0 Å². The number of para-hydroxylation sites is 1. The van der Waals surface area contributed by atoms with Gasteiger partial charge in [-0.15, -0.1) is 11.3 Å². The van der Waals surface area contributed by atoms with Gasteiger partial charge in [0.1, 0.15) is 5.01 Å². The van der Waals surface area contributed by atoms with Crippen molar-refractivity contribution in [1.29, 1.82) is 0 Å². The first-order valence-electron chi connectivity index (χ1n) is 7.67. The predicted octanol–water partition coefficient (Wildman–Crippen LogP) is 4.52. The molecule has 0 saturated carbocycles. The zero-order chi connectivity index (χ0) is 16.4. The molecule has 3 aromatic rings. The topological polar surface area (TPSA) is 42.0 Å². The molecule has 0 radical (unpaired) electrons. The van der Waals surface area contributed by atoms with E-state index >= 15 is 0 Å². The van der Waals surface area contributed by atoms with Crippen molar-refractivity contribution in [3.63, 3.8) is 0 Å². The van der Waals surface area contributed by atoms with E-state index in [0.717, 1.165) is 15.2 Å². The number of hydrogen-bond acceptors (Lipinski definition) is 3. The Balaban J connectivity index is 1.67. The van der Waals surface area contributed by atoms with E-state index in [9.17, 15) is 4.79 Å². The summed E-state index contributed by atoms with van der Waals surface area (Å²) in [5.74, 6) is -0.0651. The van der Waals surface area contributed by atoms with Crippen LogP contribution in [0.1, 0.15) is 41.7 Å². The number of carbonyl (C=O) groups is 1. The number of thiazole rings is 1. The van der Waals surface area contributed by atoms with E-state index in [4.69, 9.17) is 0 Å². The summed E-state index contributed by atoms with van der Waals surface area (Å²) in [4.78, 5) is 16.8. The maximum Gasteiger partial charge on any atom is 0.251 e. The second-order valence-electron chi connectivity index (χ2n) is 6.59. The zero-order valence-corrected chi connectivity index (χ0v) is 14.4. The van der Waals surface area contributed by atoms with Crippen LogP contribution < -0.4 is 5.32 Å². The maximum atomic E-state index is 12.3. The van der Waals surface area contributed by atoms with Crippen LogP contribution in [0.25, 0.3) is 10.2 Å². The molecule has 3 rings (SSSR count). The summed E-state index contributed by atoms with van der Waals surface area (Å²) in [6.07, 6.45) is 0. The van der Waals surface area contributed by atoms with Gasteiger partial charge in [0.15, 0.2) is 0 Å². The Morgan fingerprint density at radius 2 is 1.78 bits per heavy atom. The van der Waals surface area contributed by atoms with E-state index in [1.54, 1.807) is 11.3 Å². The lowest BCUT2D eigenvalue weighted by Crippen LogP contribution is -2.23. The van der Waals surface area contributed by atoms with Crippen LogP contribution in [0.15, 0.2) is 48.5 Å². The second-order valence-corrected chi connectivity index (χ2v) is 7.70. The Bertz CT molecular complexity index is 795.